The highest BCUT2D eigenvalue weighted by Crippen LogP contribution is 2.17. The quantitative estimate of drug-likeness (QED) is 0.774. The molecule has 0 aliphatic carbocycles. The number of hydrogen-bond donors (Lipinski definition) is 0. The van der Waals surface area contributed by atoms with E-state index in [4.69, 9.17) is 9.47 Å². The van der Waals surface area contributed by atoms with E-state index in [-0.39, 0.29) is 5.88 Å². The van der Waals surface area contributed by atoms with E-state index in [2.05, 4.69) is 9.97 Å². The highest BCUT2D eigenvalue weighted by atomic mass is 16.7. The van der Waals surface area contributed by atoms with Gasteiger partial charge in [-0.25, -0.2) is 9.78 Å². The third-order valence-electron chi connectivity index (χ3n) is 2.13. The van der Waals surface area contributed by atoms with Gasteiger partial charge in [-0.15, -0.1) is 0 Å². The Morgan fingerprint density at radius 3 is 2.44 bits per heavy atom. The van der Waals surface area contributed by atoms with Crippen molar-refractivity contribution < 1.29 is 14.3 Å². The van der Waals surface area contributed by atoms with Gasteiger partial charge in [-0.2, -0.15) is 0 Å². The van der Waals surface area contributed by atoms with Crippen LogP contribution in [-0.2, 0) is 17.6 Å². The van der Waals surface area contributed by atoms with E-state index in [1.807, 2.05) is 13.8 Å². The predicted molar refractivity (Wildman–Crippen MR) is 67.7 cm³/mol. The van der Waals surface area contributed by atoms with Crippen molar-refractivity contribution in [3.05, 3.63) is 17.6 Å². The highest BCUT2D eigenvalue weighted by Gasteiger charge is 2.20. The normalized spacial score (nSPS) is 11.2. The number of rotatable bonds is 3. The molecule has 5 heteroatoms. The first kappa shape index (κ1) is 14.4. The molecule has 0 aliphatic rings. The minimum atomic E-state index is -0.750. The fraction of sp³-hybridized carbons (Fsp3) is 0.615. The van der Waals surface area contributed by atoms with Gasteiger partial charge in [0.05, 0.1) is 5.69 Å². The van der Waals surface area contributed by atoms with Crippen LogP contribution in [0.25, 0.3) is 0 Å². The Kier molecular flexibility index (Phi) is 4.64. The van der Waals surface area contributed by atoms with Crippen molar-refractivity contribution in [3.8, 4) is 5.88 Å². The summed E-state index contributed by atoms with van der Waals surface area (Å²) in [6.45, 7) is 9.24. The van der Waals surface area contributed by atoms with Gasteiger partial charge >= 0.3 is 6.16 Å². The zero-order chi connectivity index (χ0) is 13.8. The smallest absolute Gasteiger partial charge is 0.428 e. The van der Waals surface area contributed by atoms with Crippen LogP contribution in [-0.4, -0.2) is 21.7 Å². The minimum Gasteiger partial charge on any atom is -0.428 e. The molecule has 1 aromatic heterocycles. The summed E-state index contributed by atoms with van der Waals surface area (Å²) >= 11 is 0. The van der Waals surface area contributed by atoms with E-state index in [1.165, 1.54) is 0 Å². The Labute approximate surface area is 108 Å². The third kappa shape index (κ3) is 4.31. The van der Waals surface area contributed by atoms with E-state index in [1.54, 1.807) is 27.0 Å². The number of ether oxygens (including phenoxy) is 2. The number of carbonyl (C=O) groups excluding carboxylic acids is 1. The Morgan fingerprint density at radius 2 is 1.94 bits per heavy atom. The molecule has 0 aromatic carbocycles. The molecule has 18 heavy (non-hydrogen) atoms. The van der Waals surface area contributed by atoms with Crippen molar-refractivity contribution in [1.29, 1.82) is 0 Å². The zero-order valence-electron chi connectivity index (χ0n) is 11.6. The van der Waals surface area contributed by atoms with Crippen LogP contribution >= 0.6 is 0 Å². The number of hydrogen-bond acceptors (Lipinski definition) is 5. The van der Waals surface area contributed by atoms with E-state index in [0.717, 1.165) is 12.1 Å². The van der Waals surface area contributed by atoms with Gasteiger partial charge in [0.15, 0.2) is 0 Å². The van der Waals surface area contributed by atoms with Crippen LogP contribution in [0.1, 0.15) is 46.0 Å². The number of carbonyl (C=O) groups is 1. The Hall–Kier alpha value is -1.65. The van der Waals surface area contributed by atoms with E-state index in [0.29, 0.717) is 12.1 Å². The molecule has 0 spiro atoms. The molecule has 0 fully saturated rings. The first-order valence-electron chi connectivity index (χ1n) is 6.11. The predicted octanol–water partition coefficient (Wildman–Crippen LogP) is 2.92. The SMILES string of the molecule is CCc1cnc(CC)c(OC(=O)OC(C)(C)C)n1. The Balaban J connectivity index is 2.85. The summed E-state index contributed by atoms with van der Waals surface area (Å²) in [6.07, 6.45) is 2.33. The van der Waals surface area contributed by atoms with Gasteiger partial charge in [0.1, 0.15) is 11.3 Å². The second kappa shape index (κ2) is 5.80. The standard InChI is InChI=1S/C13H20N2O3/c1-6-9-8-14-10(7-2)11(15-9)17-12(16)18-13(3,4)5/h8H,6-7H2,1-5H3. The average Bonchev–Trinajstić information content (AvgIpc) is 2.26. The molecular weight excluding hydrogens is 232 g/mol. The molecule has 1 aromatic rings. The number of aromatic nitrogens is 2. The topological polar surface area (TPSA) is 61.3 Å². The molecule has 5 nitrogen and oxygen atoms in total. The second-order valence-corrected chi connectivity index (χ2v) is 4.89. The molecule has 1 rings (SSSR count). The summed E-state index contributed by atoms with van der Waals surface area (Å²) in [5.74, 6) is 0.242. The van der Waals surface area contributed by atoms with Crippen molar-refractivity contribution >= 4 is 6.16 Å². The molecule has 0 N–H and O–H groups in total. The highest BCUT2D eigenvalue weighted by molar-refractivity contribution is 5.63. The second-order valence-electron chi connectivity index (χ2n) is 4.89. The van der Waals surface area contributed by atoms with E-state index >= 15 is 0 Å². The molecular formula is C13H20N2O3. The summed E-state index contributed by atoms with van der Waals surface area (Å²) in [5, 5.41) is 0. The minimum absolute atomic E-state index is 0.242. The summed E-state index contributed by atoms with van der Waals surface area (Å²) in [5.41, 5.74) is 0.850. The van der Waals surface area contributed by atoms with Crippen LogP contribution in [0.15, 0.2) is 6.20 Å². The van der Waals surface area contributed by atoms with Crippen LogP contribution in [0.3, 0.4) is 0 Å². The van der Waals surface area contributed by atoms with E-state index < -0.39 is 11.8 Å². The van der Waals surface area contributed by atoms with Crippen LogP contribution in [0.5, 0.6) is 5.88 Å². The average molecular weight is 252 g/mol. The maximum Gasteiger partial charge on any atom is 0.515 e. The molecule has 0 amide bonds. The van der Waals surface area contributed by atoms with Gasteiger partial charge in [0.25, 0.3) is 0 Å². The number of nitrogens with zero attached hydrogens (tertiary/aromatic N) is 2. The van der Waals surface area contributed by atoms with Crippen LogP contribution in [0.2, 0.25) is 0 Å². The van der Waals surface area contributed by atoms with Gasteiger partial charge in [-0.3, -0.25) is 4.98 Å². The van der Waals surface area contributed by atoms with Gasteiger partial charge < -0.3 is 9.47 Å². The maximum absolute atomic E-state index is 11.6. The molecule has 0 saturated heterocycles. The summed E-state index contributed by atoms with van der Waals surface area (Å²) in [6, 6.07) is 0. The van der Waals surface area contributed by atoms with E-state index in [9.17, 15) is 4.79 Å². The van der Waals surface area contributed by atoms with Crippen molar-refractivity contribution in [2.45, 2.75) is 53.1 Å². The van der Waals surface area contributed by atoms with Crippen molar-refractivity contribution in [1.82, 2.24) is 9.97 Å². The number of aryl methyl sites for hydroxylation is 2. The first-order valence-corrected chi connectivity index (χ1v) is 6.11. The maximum atomic E-state index is 11.6. The molecule has 0 bridgehead atoms. The van der Waals surface area contributed by atoms with Crippen LogP contribution < -0.4 is 4.74 Å². The first-order chi connectivity index (χ1) is 8.35. The van der Waals surface area contributed by atoms with Gasteiger partial charge in [-0.05, 0) is 33.6 Å². The molecule has 0 radical (unpaired) electrons. The Morgan fingerprint density at radius 1 is 1.28 bits per heavy atom. The summed E-state index contributed by atoms with van der Waals surface area (Å²) in [7, 11) is 0. The van der Waals surface area contributed by atoms with Crippen molar-refractivity contribution in [3.63, 3.8) is 0 Å². The lowest BCUT2D eigenvalue weighted by molar-refractivity contribution is 0.0194. The molecule has 1 heterocycles. The molecule has 0 atom stereocenters. The van der Waals surface area contributed by atoms with Gasteiger partial charge in [-0.1, -0.05) is 13.8 Å². The molecule has 0 unspecified atom stereocenters. The van der Waals surface area contributed by atoms with Crippen molar-refractivity contribution in [2.75, 3.05) is 0 Å². The molecule has 0 saturated carbocycles. The summed E-state index contributed by atoms with van der Waals surface area (Å²) in [4.78, 5) is 20.1. The lowest BCUT2D eigenvalue weighted by Crippen LogP contribution is -2.26. The van der Waals surface area contributed by atoms with Gasteiger partial charge in [0, 0.05) is 6.20 Å². The lowest BCUT2D eigenvalue weighted by atomic mass is 10.2. The van der Waals surface area contributed by atoms with Crippen LogP contribution in [0.4, 0.5) is 4.79 Å². The lowest BCUT2D eigenvalue weighted by Gasteiger charge is -2.18. The molecule has 0 aliphatic heterocycles. The van der Waals surface area contributed by atoms with Crippen LogP contribution in [0, 0.1) is 0 Å². The fourth-order valence-electron chi connectivity index (χ4n) is 1.28. The summed E-state index contributed by atoms with van der Waals surface area (Å²) < 4.78 is 10.2. The van der Waals surface area contributed by atoms with Gasteiger partial charge in [0.2, 0.25) is 5.88 Å². The van der Waals surface area contributed by atoms with Crippen molar-refractivity contribution in [2.24, 2.45) is 0 Å². The monoisotopic (exact) mass is 252 g/mol. The molecule has 100 valence electrons. The third-order valence-corrected chi connectivity index (χ3v) is 2.13. The fourth-order valence-corrected chi connectivity index (χ4v) is 1.28. The largest absolute Gasteiger partial charge is 0.515 e. The zero-order valence-corrected chi connectivity index (χ0v) is 11.6. The Bertz CT molecular complexity index is 425.